The third kappa shape index (κ3) is 3.55. The van der Waals surface area contributed by atoms with Gasteiger partial charge in [-0.2, -0.15) is 0 Å². The number of nitrogens with one attached hydrogen (secondary N) is 2. The molecule has 2 rings (SSSR count). The van der Waals surface area contributed by atoms with Gasteiger partial charge in [0.05, 0.1) is 11.2 Å². The molecule has 2 N–H and O–H groups in total. The first-order valence-electron chi connectivity index (χ1n) is 6.14. The van der Waals surface area contributed by atoms with Crippen LogP contribution in [0.15, 0.2) is 54.7 Å². The first-order valence-corrected chi connectivity index (χ1v) is 6.14. The van der Waals surface area contributed by atoms with Crippen LogP contribution in [0.5, 0.6) is 0 Å². The number of anilines is 1. The molecule has 98 valence electrons. The molecule has 1 heterocycles. The van der Waals surface area contributed by atoms with E-state index >= 15 is 0 Å². The van der Waals surface area contributed by atoms with Crippen LogP contribution < -0.4 is 10.6 Å². The van der Waals surface area contributed by atoms with Crippen LogP contribution in [-0.4, -0.2) is 11.0 Å². The molecule has 0 aliphatic carbocycles. The van der Waals surface area contributed by atoms with E-state index in [-0.39, 0.29) is 6.03 Å². The molecule has 0 bridgehead atoms. The average Bonchev–Trinajstić information content (AvgIpc) is 2.40. The number of carbonyl (C=O) groups is 1. The Morgan fingerprint density at radius 2 is 1.74 bits per heavy atom. The lowest BCUT2D eigenvalue weighted by molar-refractivity contribution is 0.241. The van der Waals surface area contributed by atoms with Crippen LogP contribution in [-0.2, 0) is 5.54 Å². The van der Waals surface area contributed by atoms with E-state index in [2.05, 4.69) is 15.6 Å². The molecule has 0 unspecified atom stereocenters. The molecule has 19 heavy (non-hydrogen) atoms. The van der Waals surface area contributed by atoms with Gasteiger partial charge in [-0.25, -0.2) is 4.79 Å². The lowest BCUT2D eigenvalue weighted by Gasteiger charge is -2.25. The minimum absolute atomic E-state index is 0.248. The van der Waals surface area contributed by atoms with E-state index in [9.17, 15) is 4.79 Å². The zero-order chi connectivity index (χ0) is 13.7. The van der Waals surface area contributed by atoms with E-state index in [1.54, 1.807) is 6.20 Å². The van der Waals surface area contributed by atoms with Gasteiger partial charge in [0, 0.05) is 11.9 Å². The van der Waals surface area contributed by atoms with Crippen LogP contribution >= 0.6 is 0 Å². The zero-order valence-corrected chi connectivity index (χ0v) is 11.1. The van der Waals surface area contributed by atoms with E-state index in [4.69, 9.17) is 0 Å². The molecule has 1 aromatic carbocycles. The fraction of sp³-hybridized carbons (Fsp3) is 0.200. The van der Waals surface area contributed by atoms with Gasteiger partial charge in [0.25, 0.3) is 0 Å². The number of pyridine rings is 1. The fourth-order valence-corrected chi connectivity index (χ4v) is 1.76. The van der Waals surface area contributed by atoms with Crippen molar-refractivity contribution in [3.8, 4) is 0 Å². The van der Waals surface area contributed by atoms with Gasteiger partial charge in [-0.3, -0.25) is 4.98 Å². The fourth-order valence-electron chi connectivity index (χ4n) is 1.76. The monoisotopic (exact) mass is 255 g/mol. The lowest BCUT2D eigenvalue weighted by Crippen LogP contribution is -2.43. The van der Waals surface area contributed by atoms with Gasteiger partial charge in [-0.1, -0.05) is 24.3 Å². The molecule has 0 saturated carbocycles. The van der Waals surface area contributed by atoms with E-state index in [1.807, 2.05) is 62.4 Å². The Bertz CT molecular complexity index is 538. The molecule has 0 aliphatic rings. The van der Waals surface area contributed by atoms with Crippen molar-refractivity contribution >= 4 is 11.7 Å². The molecule has 0 radical (unpaired) electrons. The Hall–Kier alpha value is -2.36. The summed E-state index contributed by atoms with van der Waals surface area (Å²) in [6, 6.07) is 14.7. The number of urea groups is 1. The van der Waals surface area contributed by atoms with Crippen molar-refractivity contribution in [2.24, 2.45) is 0 Å². The third-order valence-electron chi connectivity index (χ3n) is 2.76. The number of amides is 2. The quantitative estimate of drug-likeness (QED) is 0.885. The summed E-state index contributed by atoms with van der Waals surface area (Å²) in [5.41, 5.74) is 1.05. The van der Waals surface area contributed by atoms with Crippen LogP contribution in [0, 0.1) is 0 Å². The minimum Gasteiger partial charge on any atom is -0.327 e. The van der Waals surface area contributed by atoms with E-state index in [0.717, 1.165) is 11.4 Å². The summed E-state index contributed by atoms with van der Waals surface area (Å²) < 4.78 is 0. The standard InChI is InChI=1S/C15H17N3O/c1-15(2,13-10-6-7-11-16-13)18-14(19)17-12-8-4-3-5-9-12/h3-11H,1-2H3,(H2,17,18,19). The summed E-state index contributed by atoms with van der Waals surface area (Å²) in [5, 5.41) is 5.70. The molecule has 4 nitrogen and oxygen atoms in total. The molecule has 0 atom stereocenters. The normalized spacial score (nSPS) is 10.8. The number of nitrogens with zero attached hydrogens (tertiary/aromatic N) is 1. The van der Waals surface area contributed by atoms with Crippen LogP contribution in [0.1, 0.15) is 19.5 Å². The Kier molecular flexibility index (Phi) is 3.80. The Morgan fingerprint density at radius 3 is 2.37 bits per heavy atom. The van der Waals surface area contributed by atoms with Crippen LogP contribution in [0.25, 0.3) is 0 Å². The molecule has 2 aromatic rings. The Labute approximate surface area is 112 Å². The molecular formula is C15H17N3O. The van der Waals surface area contributed by atoms with Crippen molar-refractivity contribution in [1.82, 2.24) is 10.3 Å². The van der Waals surface area contributed by atoms with Crippen molar-refractivity contribution in [3.63, 3.8) is 0 Å². The second kappa shape index (κ2) is 5.52. The molecule has 0 saturated heterocycles. The van der Waals surface area contributed by atoms with Crippen molar-refractivity contribution in [3.05, 3.63) is 60.4 Å². The zero-order valence-electron chi connectivity index (χ0n) is 11.1. The van der Waals surface area contributed by atoms with Gasteiger partial charge in [0.15, 0.2) is 0 Å². The van der Waals surface area contributed by atoms with E-state index < -0.39 is 5.54 Å². The highest BCUT2D eigenvalue weighted by molar-refractivity contribution is 5.89. The number of aromatic nitrogens is 1. The molecule has 0 aliphatic heterocycles. The second-order valence-corrected chi connectivity index (χ2v) is 4.79. The van der Waals surface area contributed by atoms with Gasteiger partial charge in [0.2, 0.25) is 0 Å². The lowest BCUT2D eigenvalue weighted by atomic mass is 10.0. The summed E-state index contributed by atoms with van der Waals surface area (Å²) in [6.07, 6.45) is 1.72. The predicted octanol–water partition coefficient (Wildman–Crippen LogP) is 3.14. The SMILES string of the molecule is CC(C)(NC(=O)Nc1ccccc1)c1ccccn1. The minimum atomic E-state index is -0.528. The third-order valence-corrected chi connectivity index (χ3v) is 2.76. The summed E-state index contributed by atoms with van der Waals surface area (Å²) in [5.74, 6) is 0. The molecule has 0 spiro atoms. The molecule has 1 aromatic heterocycles. The topological polar surface area (TPSA) is 54.0 Å². The summed E-state index contributed by atoms with van der Waals surface area (Å²) in [6.45, 7) is 3.83. The van der Waals surface area contributed by atoms with E-state index in [0.29, 0.717) is 0 Å². The average molecular weight is 255 g/mol. The van der Waals surface area contributed by atoms with Crippen LogP contribution in [0.4, 0.5) is 10.5 Å². The largest absolute Gasteiger partial charge is 0.327 e. The van der Waals surface area contributed by atoms with Gasteiger partial charge < -0.3 is 10.6 Å². The Morgan fingerprint density at radius 1 is 1.05 bits per heavy atom. The van der Waals surface area contributed by atoms with Gasteiger partial charge in [-0.15, -0.1) is 0 Å². The molecular weight excluding hydrogens is 238 g/mol. The highest BCUT2D eigenvalue weighted by atomic mass is 16.2. The number of benzene rings is 1. The van der Waals surface area contributed by atoms with Crippen LogP contribution in [0.3, 0.4) is 0 Å². The van der Waals surface area contributed by atoms with Crippen LogP contribution in [0.2, 0.25) is 0 Å². The maximum atomic E-state index is 12.0. The molecule has 0 fully saturated rings. The number of para-hydroxylation sites is 1. The van der Waals surface area contributed by atoms with Crippen molar-refractivity contribution < 1.29 is 4.79 Å². The second-order valence-electron chi connectivity index (χ2n) is 4.79. The maximum Gasteiger partial charge on any atom is 0.319 e. The number of hydrogen-bond donors (Lipinski definition) is 2. The number of hydrogen-bond acceptors (Lipinski definition) is 2. The van der Waals surface area contributed by atoms with Gasteiger partial charge in [-0.05, 0) is 38.1 Å². The van der Waals surface area contributed by atoms with Gasteiger partial charge >= 0.3 is 6.03 Å². The molecule has 2 amide bonds. The highest BCUT2D eigenvalue weighted by Gasteiger charge is 2.23. The number of carbonyl (C=O) groups excluding carboxylic acids is 1. The van der Waals surface area contributed by atoms with Crippen molar-refractivity contribution in [1.29, 1.82) is 0 Å². The van der Waals surface area contributed by atoms with Crippen molar-refractivity contribution in [2.45, 2.75) is 19.4 Å². The highest BCUT2D eigenvalue weighted by Crippen LogP contribution is 2.17. The Balaban J connectivity index is 2.02. The summed E-state index contributed by atoms with van der Waals surface area (Å²) in [7, 11) is 0. The van der Waals surface area contributed by atoms with Gasteiger partial charge in [0.1, 0.15) is 0 Å². The first kappa shape index (κ1) is 13.1. The summed E-state index contributed by atoms with van der Waals surface area (Å²) >= 11 is 0. The van der Waals surface area contributed by atoms with Crippen molar-refractivity contribution in [2.75, 3.05) is 5.32 Å². The van der Waals surface area contributed by atoms with E-state index in [1.165, 1.54) is 0 Å². The predicted molar refractivity (Wildman–Crippen MR) is 75.9 cm³/mol. The smallest absolute Gasteiger partial charge is 0.319 e. The maximum absolute atomic E-state index is 12.0. The summed E-state index contributed by atoms with van der Waals surface area (Å²) in [4.78, 5) is 16.2. The number of rotatable bonds is 3. The molecule has 4 heteroatoms. The first-order chi connectivity index (χ1) is 9.08.